The SMILES string of the molecule is CC1OCCC1(O)Cc1cn2ccsc2n1. The number of hydrogen-bond acceptors (Lipinski definition) is 4. The number of ether oxygens (including phenoxy) is 1. The van der Waals surface area contributed by atoms with Crippen LogP contribution in [0.25, 0.3) is 4.96 Å². The van der Waals surface area contributed by atoms with Gasteiger partial charge in [0.2, 0.25) is 0 Å². The number of rotatable bonds is 2. The van der Waals surface area contributed by atoms with E-state index in [4.69, 9.17) is 4.74 Å². The predicted molar refractivity (Wildman–Crippen MR) is 61.8 cm³/mol. The van der Waals surface area contributed by atoms with Crippen molar-refractivity contribution < 1.29 is 9.84 Å². The van der Waals surface area contributed by atoms with Crippen molar-refractivity contribution in [2.75, 3.05) is 6.61 Å². The second-order valence-electron chi connectivity index (χ2n) is 4.37. The van der Waals surface area contributed by atoms with Gasteiger partial charge in [-0.25, -0.2) is 4.98 Å². The third-order valence-electron chi connectivity index (χ3n) is 3.29. The highest BCUT2D eigenvalue weighted by molar-refractivity contribution is 7.15. The molecule has 2 aromatic heterocycles. The molecule has 0 amide bonds. The van der Waals surface area contributed by atoms with Crippen LogP contribution < -0.4 is 0 Å². The van der Waals surface area contributed by atoms with E-state index in [9.17, 15) is 5.11 Å². The molecule has 1 N–H and O–H groups in total. The van der Waals surface area contributed by atoms with Crippen molar-refractivity contribution in [3.63, 3.8) is 0 Å². The molecule has 2 unspecified atom stereocenters. The minimum absolute atomic E-state index is 0.104. The molecule has 3 rings (SSSR count). The number of aromatic nitrogens is 2. The van der Waals surface area contributed by atoms with Gasteiger partial charge >= 0.3 is 0 Å². The maximum absolute atomic E-state index is 10.4. The average molecular weight is 238 g/mol. The Morgan fingerprint density at radius 1 is 1.75 bits per heavy atom. The standard InChI is InChI=1S/C11H14N2O2S/c1-8-11(14,2-4-15-8)6-9-7-13-3-5-16-10(13)12-9/h3,5,7-8,14H,2,4,6H2,1H3. The van der Waals surface area contributed by atoms with Gasteiger partial charge in [0.25, 0.3) is 0 Å². The van der Waals surface area contributed by atoms with Crippen LogP contribution in [0.2, 0.25) is 0 Å². The van der Waals surface area contributed by atoms with Crippen molar-refractivity contribution in [2.45, 2.75) is 31.5 Å². The summed E-state index contributed by atoms with van der Waals surface area (Å²) >= 11 is 1.60. The van der Waals surface area contributed by atoms with Crippen LogP contribution in [0.3, 0.4) is 0 Å². The fraction of sp³-hybridized carbons (Fsp3) is 0.545. The Bertz CT molecular complexity index is 478. The highest BCUT2D eigenvalue weighted by atomic mass is 32.1. The van der Waals surface area contributed by atoms with Gasteiger partial charge in [-0.05, 0) is 6.92 Å². The Morgan fingerprint density at radius 3 is 3.31 bits per heavy atom. The normalized spacial score (nSPS) is 30.2. The van der Waals surface area contributed by atoms with Crippen LogP contribution in [0.4, 0.5) is 0 Å². The molecule has 1 saturated heterocycles. The molecular formula is C11H14N2O2S. The molecule has 0 spiro atoms. The predicted octanol–water partition coefficient (Wildman–Crippen LogP) is 1.48. The Kier molecular flexibility index (Phi) is 2.27. The van der Waals surface area contributed by atoms with Crippen LogP contribution in [0.1, 0.15) is 19.0 Å². The fourth-order valence-corrected chi connectivity index (χ4v) is 2.90. The van der Waals surface area contributed by atoms with Crippen LogP contribution in [0.15, 0.2) is 17.8 Å². The van der Waals surface area contributed by atoms with Crippen molar-refractivity contribution in [2.24, 2.45) is 0 Å². The summed E-state index contributed by atoms with van der Waals surface area (Å²) in [6, 6.07) is 0. The van der Waals surface area contributed by atoms with Crippen molar-refractivity contribution in [3.05, 3.63) is 23.5 Å². The topological polar surface area (TPSA) is 46.8 Å². The van der Waals surface area contributed by atoms with E-state index >= 15 is 0 Å². The first-order chi connectivity index (χ1) is 7.67. The van der Waals surface area contributed by atoms with Crippen LogP contribution in [0.5, 0.6) is 0 Å². The van der Waals surface area contributed by atoms with Gasteiger partial charge < -0.3 is 9.84 Å². The minimum atomic E-state index is -0.746. The molecule has 86 valence electrons. The monoisotopic (exact) mass is 238 g/mol. The molecule has 0 radical (unpaired) electrons. The van der Waals surface area contributed by atoms with Crippen LogP contribution in [-0.2, 0) is 11.2 Å². The Balaban J connectivity index is 1.86. The lowest BCUT2D eigenvalue weighted by Gasteiger charge is -2.24. The molecule has 0 aliphatic carbocycles. The molecule has 0 aromatic carbocycles. The number of imidazole rings is 1. The van der Waals surface area contributed by atoms with Gasteiger partial charge in [-0.1, -0.05) is 0 Å². The maximum Gasteiger partial charge on any atom is 0.193 e. The summed E-state index contributed by atoms with van der Waals surface area (Å²) in [4.78, 5) is 5.46. The molecule has 1 aliphatic rings. The summed E-state index contributed by atoms with van der Waals surface area (Å²) in [7, 11) is 0. The zero-order chi connectivity index (χ0) is 11.2. The molecule has 0 saturated carbocycles. The minimum Gasteiger partial charge on any atom is -0.387 e. The highest BCUT2D eigenvalue weighted by Gasteiger charge is 2.40. The summed E-state index contributed by atoms with van der Waals surface area (Å²) in [5.41, 5.74) is 0.191. The van der Waals surface area contributed by atoms with E-state index in [1.807, 2.05) is 29.1 Å². The number of hydrogen-bond donors (Lipinski definition) is 1. The highest BCUT2D eigenvalue weighted by Crippen LogP contribution is 2.29. The molecule has 3 heterocycles. The summed E-state index contributed by atoms with van der Waals surface area (Å²) in [5, 5.41) is 12.4. The number of fused-ring (bicyclic) bond motifs is 1. The first kappa shape index (κ1) is 10.3. The first-order valence-corrected chi connectivity index (χ1v) is 6.30. The van der Waals surface area contributed by atoms with Crippen LogP contribution in [-0.4, -0.2) is 32.8 Å². The van der Waals surface area contributed by atoms with Gasteiger partial charge in [0.15, 0.2) is 4.96 Å². The van der Waals surface area contributed by atoms with E-state index in [-0.39, 0.29) is 6.10 Å². The molecule has 1 fully saturated rings. The van der Waals surface area contributed by atoms with Gasteiger partial charge in [-0.2, -0.15) is 0 Å². The number of nitrogens with zero attached hydrogens (tertiary/aromatic N) is 2. The Morgan fingerprint density at radius 2 is 2.62 bits per heavy atom. The molecule has 2 aromatic rings. The first-order valence-electron chi connectivity index (χ1n) is 5.42. The average Bonchev–Trinajstić information content (AvgIpc) is 2.83. The zero-order valence-electron chi connectivity index (χ0n) is 9.09. The molecular weight excluding hydrogens is 224 g/mol. The summed E-state index contributed by atoms with van der Waals surface area (Å²) < 4.78 is 7.40. The van der Waals surface area contributed by atoms with E-state index in [1.54, 1.807) is 11.3 Å². The van der Waals surface area contributed by atoms with Crippen molar-refractivity contribution >= 4 is 16.3 Å². The molecule has 4 nitrogen and oxygen atoms in total. The van der Waals surface area contributed by atoms with Crippen molar-refractivity contribution in [3.8, 4) is 0 Å². The second-order valence-corrected chi connectivity index (χ2v) is 5.24. The van der Waals surface area contributed by atoms with E-state index in [1.165, 1.54) is 0 Å². The van der Waals surface area contributed by atoms with Gasteiger partial charge in [-0.3, -0.25) is 4.40 Å². The maximum atomic E-state index is 10.4. The molecule has 16 heavy (non-hydrogen) atoms. The van der Waals surface area contributed by atoms with Crippen LogP contribution >= 0.6 is 11.3 Å². The third-order valence-corrected chi connectivity index (χ3v) is 4.06. The largest absolute Gasteiger partial charge is 0.387 e. The summed E-state index contributed by atoms with van der Waals surface area (Å²) in [5.74, 6) is 0. The van der Waals surface area contributed by atoms with Crippen molar-refractivity contribution in [1.82, 2.24) is 9.38 Å². The lowest BCUT2D eigenvalue weighted by molar-refractivity contribution is -0.0274. The van der Waals surface area contributed by atoms with Gasteiger partial charge in [0.05, 0.1) is 17.4 Å². The third kappa shape index (κ3) is 1.55. The zero-order valence-corrected chi connectivity index (χ0v) is 9.91. The lowest BCUT2D eigenvalue weighted by atomic mass is 9.91. The lowest BCUT2D eigenvalue weighted by Crippen LogP contribution is -2.38. The molecule has 0 bridgehead atoms. The molecule has 2 atom stereocenters. The Labute approximate surface area is 97.5 Å². The second kappa shape index (κ2) is 3.55. The van der Waals surface area contributed by atoms with Gasteiger partial charge in [0.1, 0.15) is 0 Å². The molecule has 5 heteroatoms. The van der Waals surface area contributed by atoms with Crippen LogP contribution in [0, 0.1) is 0 Å². The van der Waals surface area contributed by atoms with E-state index in [0.717, 1.165) is 10.7 Å². The fourth-order valence-electron chi connectivity index (χ4n) is 2.18. The van der Waals surface area contributed by atoms with Gasteiger partial charge in [-0.15, -0.1) is 11.3 Å². The quantitative estimate of drug-likeness (QED) is 0.862. The van der Waals surface area contributed by atoms with E-state index in [0.29, 0.717) is 19.4 Å². The molecule has 1 aliphatic heterocycles. The smallest absolute Gasteiger partial charge is 0.193 e. The van der Waals surface area contributed by atoms with E-state index < -0.39 is 5.60 Å². The number of thiazole rings is 1. The van der Waals surface area contributed by atoms with E-state index in [2.05, 4.69) is 4.98 Å². The summed E-state index contributed by atoms with van der Waals surface area (Å²) in [6.07, 6.45) is 5.12. The Hall–Kier alpha value is -0.910. The van der Waals surface area contributed by atoms with Crippen molar-refractivity contribution in [1.29, 1.82) is 0 Å². The van der Waals surface area contributed by atoms with Gasteiger partial charge in [0, 0.05) is 37.2 Å². The number of aliphatic hydroxyl groups is 1. The summed E-state index contributed by atoms with van der Waals surface area (Å²) in [6.45, 7) is 2.56.